The Morgan fingerprint density at radius 2 is 1.62 bits per heavy atom. The zero-order valence-corrected chi connectivity index (χ0v) is 20.0. The number of nitrogens with two attached hydrogens (primary N) is 3. The summed E-state index contributed by atoms with van der Waals surface area (Å²) in [6.45, 7) is 5.36. The van der Waals surface area contributed by atoms with Gasteiger partial charge in [0.25, 0.3) is 0 Å². The van der Waals surface area contributed by atoms with Gasteiger partial charge in [-0.2, -0.15) is 0 Å². The first-order valence-electron chi connectivity index (χ1n) is 10.4. The monoisotopic (exact) mass is 472 g/mol. The van der Waals surface area contributed by atoms with E-state index in [4.69, 9.17) is 40.4 Å². The summed E-state index contributed by atoms with van der Waals surface area (Å²) >= 11 is 12.6. The molecule has 1 aromatic heterocycles. The molecule has 170 valence electrons. The quantitative estimate of drug-likeness (QED) is 0.492. The van der Waals surface area contributed by atoms with Crippen LogP contribution in [-0.4, -0.2) is 11.1 Å². The first-order valence-corrected chi connectivity index (χ1v) is 11.2. The average molecular weight is 473 g/mol. The zero-order chi connectivity index (χ0) is 23.7. The highest BCUT2D eigenvalue weighted by Crippen LogP contribution is 2.27. The normalized spacial score (nSPS) is 11.1. The number of nitrogens with zero attached hydrogens (tertiary/aromatic N) is 1. The Hall–Kier alpha value is -2.73. The lowest BCUT2D eigenvalue weighted by Crippen LogP contribution is -2.18. The van der Waals surface area contributed by atoms with Crippen LogP contribution in [0.1, 0.15) is 34.9 Å². The second-order valence-corrected chi connectivity index (χ2v) is 8.11. The Bertz CT molecular complexity index is 1100. The van der Waals surface area contributed by atoms with Crippen LogP contribution in [0.2, 0.25) is 10.0 Å². The molecule has 0 aliphatic rings. The Morgan fingerprint density at radius 1 is 1.03 bits per heavy atom. The lowest BCUT2D eigenvalue weighted by molar-refractivity contribution is 0.662. The van der Waals surface area contributed by atoms with E-state index < -0.39 is 0 Å². The summed E-state index contributed by atoms with van der Waals surface area (Å²) in [5.41, 5.74) is 21.1. The van der Waals surface area contributed by atoms with Gasteiger partial charge < -0.3 is 21.8 Å². The van der Waals surface area contributed by atoms with E-state index in [9.17, 15) is 4.79 Å². The fraction of sp³-hybridized carbons (Fsp3) is 0.240. The highest BCUT2D eigenvalue weighted by molar-refractivity contribution is 6.36. The van der Waals surface area contributed by atoms with Gasteiger partial charge in [0.1, 0.15) is 0 Å². The molecule has 0 unspecified atom stereocenters. The Morgan fingerprint density at radius 3 is 2.19 bits per heavy atom. The molecule has 0 saturated carbocycles. The van der Waals surface area contributed by atoms with Crippen LogP contribution in [-0.2, 0) is 19.4 Å². The van der Waals surface area contributed by atoms with Crippen LogP contribution in [0.4, 0.5) is 0 Å². The van der Waals surface area contributed by atoms with Crippen LogP contribution in [0.15, 0.2) is 65.7 Å². The summed E-state index contributed by atoms with van der Waals surface area (Å²) in [6, 6.07) is 15.0. The van der Waals surface area contributed by atoms with Crippen molar-refractivity contribution in [2.24, 2.45) is 17.2 Å². The maximum absolute atomic E-state index is 12.5. The second-order valence-electron chi connectivity index (χ2n) is 7.29. The van der Waals surface area contributed by atoms with E-state index in [1.165, 1.54) is 11.8 Å². The molecule has 1 heterocycles. The summed E-state index contributed by atoms with van der Waals surface area (Å²) in [5, 5.41) is 1.13. The molecule has 0 fully saturated rings. The molecule has 32 heavy (non-hydrogen) atoms. The van der Waals surface area contributed by atoms with Crippen molar-refractivity contribution in [1.82, 2.24) is 4.57 Å². The van der Waals surface area contributed by atoms with Crippen molar-refractivity contribution in [3.8, 4) is 0 Å². The Kier molecular flexibility index (Phi) is 9.85. The molecule has 0 amide bonds. The number of benzene rings is 2. The molecule has 7 heteroatoms. The predicted molar refractivity (Wildman–Crippen MR) is 136 cm³/mol. The molecular formula is C25H30Cl2N4O. The van der Waals surface area contributed by atoms with Crippen LogP contribution in [0, 0.1) is 6.92 Å². The minimum Gasteiger partial charge on any atom is -0.403 e. The van der Waals surface area contributed by atoms with Gasteiger partial charge in [0, 0.05) is 52.7 Å². The van der Waals surface area contributed by atoms with Crippen LogP contribution in [0.5, 0.6) is 0 Å². The van der Waals surface area contributed by atoms with E-state index in [1.54, 1.807) is 24.3 Å². The van der Waals surface area contributed by atoms with E-state index in [-0.39, 0.29) is 5.43 Å². The van der Waals surface area contributed by atoms with E-state index in [1.807, 2.05) is 44.3 Å². The molecule has 0 saturated heterocycles. The third kappa shape index (κ3) is 6.63. The average Bonchev–Trinajstić information content (AvgIpc) is 2.78. The first kappa shape index (κ1) is 25.5. The third-order valence-corrected chi connectivity index (χ3v) is 5.80. The molecule has 5 nitrogen and oxygen atoms in total. The smallest absolute Gasteiger partial charge is 0.185 e. The van der Waals surface area contributed by atoms with Crippen molar-refractivity contribution in [3.05, 3.63) is 109 Å². The summed E-state index contributed by atoms with van der Waals surface area (Å²) in [4.78, 5) is 12.5. The standard InChI is InChI=1S/C23H23Cl2N3O.C2H7N/c1-15-18(13-19-20(24)3-2-4-21(19)25)23(29)10-12-28(15)11-9-16-5-7-17(8-6-16)22(27)14-26;1-2-3/h2-8,10,12,14H,9,11,13,26-27H2,1H3;2-3H2,1H3/b22-14-;. The predicted octanol–water partition coefficient (Wildman–Crippen LogP) is 4.48. The largest absolute Gasteiger partial charge is 0.403 e. The third-order valence-electron chi connectivity index (χ3n) is 5.09. The molecule has 0 radical (unpaired) electrons. The van der Waals surface area contributed by atoms with Crippen LogP contribution >= 0.6 is 23.2 Å². The van der Waals surface area contributed by atoms with Gasteiger partial charge in [-0.3, -0.25) is 4.79 Å². The molecule has 3 aromatic rings. The molecule has 2 aromatic carbocycles. The van der Waals surface area contributed by atoms with Crippen molar-refractivity contribution in [3.63, 3.8) is 0 Å². The van der Waals surface area contributed by atoms with Crippen molar-refractivity contribution < 1.29 is 0 Å². The van der Waals surface area contributed by atoms with Gasteiger partial charge in [0.05, 0.1) is 5.70 Å². The van der Waals surface area contributed by atoms with Crippen LogP contribution in [0.3, 0.4) is 0 Å². The topological polar surface area (TPSA) is 100 Å². The van der Waals surface area contributed by atoms with Crippen molar-refractivity contribution >= 4 is 28.9 Å². The lowest BCUT2D eigenvalue weighted by atomic mass is 10.0. The first-order chi connectivity index (χ1) is 15.3. The Labute approximate surface area is 199 Å². The molecule has 3 rings (SSSR count). The number of rotatable bonds is 6. The molecule has 0 atom stereocenters. The number of halogens is 2. The number of pyridine rings is 1. The van der Waals surface area contributed by atoms with Gasteiger partial charge >= 0.3 is 0 Å². The van der Waals surface area contributed by atoms with Crippen molar-refractivity contribution in [2.45, 2.75) is 33.2 Å². The molecular weight excluding hydrogens is 443 g/mol. The molecule has 0 aliphatic carbocycles. The van der Waals surface area contributed by atoms with Gasteiger partial charge in [0.15, 0.2) is 5.43 Å². The van der Waals surface area contributed by atoms with Crippen molar-refractivity contribution in [1.29, 1.82) is 0 Å². The van der Waals surface area contributed by atoms with E-state index in [0.717, 1.165) is 36.3 Å². The molecule has 6 N–H and O–H groups in total. The number of aromatic nitrogens is 1. The fourth-order valence-corrected chi connectivity index (χ4v) is 3.80. The zero-order valence-electron chi connectivity index (χ0n) is 18.4. The highest BCUT2D eigenvalue weighted by Gasteiger charge is 2.13. The van der Waals surface area contributed by atoms with E-state index in [0.29, 0.717) is 27.7 Å². The van der Waals surface area contributed by atoms with Crippen LogP contribution in [0.25, 0.3) is 5.70 Å². The Balaban J connectivity index is 0.00000114. The van der Waals surface area contributed by atoms with Crippen LogP contribution < -0.4 is 22.6 Å². The summed E-state index contributed by atoms with van der Waals surface area (Å²) in [6.07, 6.45) is 4.45. The van der Waals surface area contributed by atoms with Gasteiger partial charge in [0.2, 0.25) is 0 Å². The van der Waals surface area contributed by atoms with Gasteiger partial charge in [-0.05, 0) is 48.7 Å². The maximum Gasteiger partial charge on any atom is 0.185 e. The van der Waals surface area contributed by atoms with Gasteiger partial charge in [-0.25, -0.2) is 0 Å². The maximum atomic E-state index is 12.5. The number of hydrogen-bond acceptors (Lipinski definition) is 4. The molecule has 0 spiro atoms. The summed E-state index contributed by atoms with van der Waals surface area (Å²) in [7, 11) is 0. The van der Waals surface area contributed by atoms with Gasteiger partial charge in [-0.15, -0.1) is 0 Å². The molecule has 0 bridgehead atoms. The van der Waals surface area contributed by atoms with E-state index in [2.05, 4.69) is 4.57 Å². The minimum atomic E-state index is -0.0110. The highest BCUT2D eigenvalue weighted by atomic mass is 35.5. The van der Waals surface area contributed by atoms with Crippen molar-refractivity contribution in [2.75, 3.05) is 6.54 Å². The second kappa shape index (κ2) is 12.3. The minimum absolute atomic E-state index is 0.0110. The van der Waals surface area contributed by atoms with Gasteiger partial charge in [-0.1, -0.05) is 60.5 Å². The van der Waals surface area contributed by atoms with E-state index >= 15 is 0 Å². The summed E-state index contributed by atoms with van der Waals surface area (Å²) < 4.78 is 2.09. The summed E-state index contributed by atoms with van der Waals surface area (Å²) in [5.74, 6) is 0. The lowest BCUT2D eigenvalue weighted by Gasteiger charge is -2.15. The fourth-order valence-electron chi connectivity index (χ4n) is 3.27. The molecule has 0 aliphatic heterocycles. The number of aryl methyl sites for hydroxylation is 2. The SMILES string of the molecule is CCN.Cc1c(Cc2c(Cl)cccc2Cl)c(=O)ccn1CCc1ccc(/C(N)=C/N)cc1. The number of hydrogen-bond donors (Lipinski definition) is 3.